The molecule has 25 heavy (non-hydrogen) atoms. The summed E-state index contributed by atoms with van der Waals surface area (Å²) >= 11 is 1.27. The van der Waals surface area contributed by atoms with Gasteiger partial charge >= 0.3 is 5.97 Å². The minimum atomic E-state index is -0.868. The van der Waals surface area contributed by atoms with Crippen molar-refractivity contribution < 1.29 is 14.7 Å². The Balaban J connectivity index is 1.72. The van der Waals surface area contributed by atoms with E-state index in [1.807, 2.05) is 31.2 Å². The summed E-state index contributed by atoms with van der Waals surface area (Å²) in [6.07, 6.45) is 0.449. The average Bonchev–Trinajstić information content (AvgIpc) is 2.98. The van der Waals surface area contributed by atoms with Gasteiger partial charge in [-0.05, 0) is 25.5 Å². The van der Waals surface area contributed by atoms with Crippen LogP contribution >= 0.6 is 11.8 Å². The van der Waals surface area contributed by atoms with Crippen molar-refractivity contribution in [1.82, 2.24) is 24.9 Å². The highest BCUT2D eigenvalue weighted by Gasteiger charge is 2.13. The Morgan fingerprint density at radius 3 is 2.88 bits per heavy atom. The molecule has 3 rings (SSSR count). The SMILES string of the molecule is Cc1nc2c3ccccc3nc(SCC(=O)NCCCC(=O)O)n2n1. The lowest BCUT2D eigenvalue weighted by Crippen LogP contribution is -2.26. The molecule has 0 aliphatic carbocycles. The van der Waals surface area contributed by atoms with Gasteiger partial charge in [0.05, 0.1) is 11.3 Å². The molecule has 0 unspecified atom stereocenters. The van der Waals surface area contributed by atoms with Gasteiger partial charge in [0, 0.05) is 18.4 Å². The van der Waals surface area contributed by atoms with Crippen LogP contribution < -0.4 is 5.32 Å². The van der Waals surface area contributed by atoms with E-state index in [-0.39, 0.29) is 18.1 Å². The van der Waals surface area contributed by atoms with Crippen molar-refractivity contribution in [1.29, 1.82) is 0 Å². The topological polar surface area (TPSA) is 109 Å². The first-order valence-electron chi connectivity index (χ1n) is 7.78. The summed E-state index contributed by atoms with van der Waals surface area (Å²) in [6.45, 7) is 2.15. The van der Waals surface area contributed by atoms with E-state index in [9.17, 15) is 9.59 Å². The fourth-order valence-electron chi connectivity index (χ4n) is 2.38. The van der Waals surface area contributed by atoms with Crippen LogP contribution in [-0.4, -0.2) is 48.9 Å². The van der Waals surface area contributed by atoms with Crippen molar-refractivity contribution in [3.63, 3.8) is 0 Å². The summed E-state index contributed by atoms with van der Waals surface area (Å²) in [5.41, 5.74) is 1.51. The van der Waals surface area contributed by atoms with Crippen LogP contribution in [0.5, 0.6) is 0 Å². The van der Waals surface area contributed by atoms with Gasteiger partial charge in [0.2, 0.25) is 5.91 Å². The standard InChI is InChI=1S/C16H17N5O3S/c1-10-18-15-11-5-2-3-6-12(11)19-16(21(15)20-10)25-9-13(22)17-8-4-7-14(23)24/h2-3,5-6H,4,7-9H2,1H3,(H,17,22)(H,23,24). The second kappa shape index (κ2) is 7.47. The third-order valence-electron chi connectivity index (χ3n) is 3.48. The van der Waals surface area contributed by atoms with Gasteiger partial charge in [0.25, 0.3) is 0 Å². The summed E-state index contributed by atoms with van der Waals surface area (Å²) < 4.78 is 1.65. The highest BCUT2D eigenvalue weighted by Crippen LogP contribution is 2.23. The van der Waals surface area contributed by atoms with Crippen LogP contribution in [0.1, 0.15) is 18.7 Å². The molecular weight excluding hydrogens is 342 g/mol. The highest BCUT2D eigenvalue weighted by atomic mass is 32.2. The lowest BCUT2D eigenvalue weighted by molar-refractivity contribution is -0.137. The lowest BCUT2D eigenvalue weighted by atomic mass is 10.2. The molecule has 0 aliphatic heterocycles. The maximum atomic E-state index is 11.9. The third kappa shape index (κ3) is 4.05. The predicted octanol–water partition coefficient (Wildman–Crippen LogP) is 1.66. The van der Waals surface area contributed by atoms with E-state index >= 15 is 0 Å². The van der Waals surface area contributed by atoms with Crippen LogP contribution in [0.2, 0.25) is 0 Å². The largest absolute Gasteiger partial charge is 0.481 e. The molecule has 0 atom stereocenters. The van der Waals surface area contributed by atoms with Gasteiger partial charge in [0.15, 0.2) is 10.8 Å². The molecule has 0 saturated carbocycles. The molecule has 3 aromatic rings. The van der Waals surface area contributed by atoms with Crippen molar-refractivity contribution in [2.45, 2.75) is 24.9 Å². The Morgan fingerprint density at radius 1 is 1.28 bits per heavy atom. The summed E-state index contributed by atoms with van der Waals surface area (Å²) in [5.74, 6) is -0.228. The number of aromatic nitrogens is 4. The van der Waals surface area contributed by atoms with Gasteiger partial charge in [-0.15, -0.1) is 5.10 Å². The maximum absolute atomic E-state index is 11.9. The van der Waals surface area contributed by atoms with Gasteiger partial charge in [-0.25, -0.2) is 9.97 Å². The molecule has 0 bridgehead atoms. The zero-order chi connectivity index (χ0) is 17.8. The molecule has 0 aliphatic rings. The minimum Gasteiger partial charge on any atom is -0.481 e. The van der Waals surface area contributed by atoms with Gasteiger partial charge in [-0.2, -0.15) is 4.52 Å². The first-order valence-corrected chi connectivity index (χ1v) is 8.76. The zero-order valence-corrected chi connectivity index (χ0v) is 14.4. The monoisotopic (exact) mass is 359 g/mol. The van der Waals surface area contributed by atoms with Crippen LogP contribution in [0.15, 0.2) is 29.4 Å². The zero-order valence-electron chi connectivity index (χ0n) is 13.6. The fraction of sp³-hybridized carbons (Fsp3) is 0.312. The number of fused-ring (bicyclic) bond motifs is 3. The molecule has 8 nitrogen and oxygen atoms in total. The van der Waals surface area contributed by atoms with Crippen LogP contribution in [-0.2, 0) is 9.59 Å². The van der Waals surface area contributed by atoms with Gasteiger partial charge < -0.3 is 10.4 Å². The number of carboxylic acid groups (broad SMARTS) is 1. The Hall–Kier alpha value is -2.68. The molecular formula is C16H17N5O3S. The number of carbonyl (C=O) groups excluding carboxylic acids is 1. The smallest absolute Gasteiger partial charge is 0.303 e. The number of aliphatic carboxylic acids is 1. The summed E-state index contributed by atoms with van der Waals surface area (Å²) in [7, 11) is 0. The summed E-state index contributed by atoms with van der Waals surface area (Å²) in [4.78, 5) is 31.4. The van der Waals surface area contributed by atoms with E-state index in [0.717, 1.165) is 10.9 Å². The summed E-state index contributed by atoms with van der Waals surface area (Å²) in [6, 6.07) is 7.66. The normalized spacial score (nSPS) is 11.1. The number of nitrogens with zero attached hydrogens (tertiary/aromatic N) is 4. The first kappa shape index (κ1) is 17.2. The number of thioether (sulfide) groups is 1. The van der Waals surface area contributed by atoms with E-state index in [2.05, 4.69) is 20.4 Å². The van der Waals surface area contributed by atoms with Gasteiger partial charge in [0.1, 0.15) is 5.82 Å². The Morgan fingerprint density at radius 2 is 2.08 bits per heavy atom. The molecule has 9 heteroatoms. The first-order chi connectivity index (χ1) is 12.0. The maximum Gasteiger partial charge on any atom is 0.303 e. The predicted molar refractivity (Wildman–Crippen MR) is 93.6 cm³/mol. The van der Waals surface area contributed by atoms with Crippen LogP contribution in [0.4, 0.5) is 0 Å². The fourth-order valence-corrected chi connectivity index (χ4v) is 3.15. The average molecular weight is 359 g/mol. The third-order valence-corrected chi connectivity index (χ3v) is 4.41. The number of hydrogen-bond acceptors (Lipinski definition) is 6. The van der Waals surface area contributed by atoms with Gasteiger partial charge in [-0.1, -0.05) is 23.9 Å². The number of carbonyl (C=O) groups is 2. The number of para-hydroxylation sites is 1. The van der Waals surface area contributed by atoms with E-state index < -0.39 is 5.97 Å². The molecule has 2 heterocycles. The van der Waals surface area contributed by atoms with E-state index in [1.165, 1.54) is 11.8 Å². The molecule has 0 fully saturated rings. The van der Waals surface area contributed by atoms with Crippen molar-refractivity contribution in [2.75, 3.05) is 12.3 Å². The Kier molecular flexibility index (Phi) is 5.13. The molecule has 130 valence electrons. The molecule has 1 amide bonds. The van der Waals surface area contributed by atoms with Crippen LogP contribution in [0.25, 0.3) is 16.6 Å². The van der Waals surface area contributed by atoms with Crippen LogP contribution in [0, 0.1) is 6.92 Å². The van der Waals surface area contributed by atoms with E-state index in [4.69, 9.17) is 5.11 Å². The minimum absolute atomic E-state index is 0.0402. The number of hydrogen-bond donors (Lipinski definition) is 2. The second-order valence-corrected chi connectivity index (χ2v) is 6.38. The molecule has 0 spiro atoms. The number of rotatable bonds is 7. The Labute approximate surface area is 147 Å². The van der Waals surface area contributed by atoms with E-state index in [0.29, 0.717) is 29.6 Å². The molecule has 0 saturated heterocycles. The molecule has 2 aromatic heterocycles. The van der Waals surface area contributed by atoms with Crippen LogP contribution in [0.3, 0.4) is 0 Å². The van der Waals surface area contributed by atoms with Crippen molar-refractivity contribution >= 4 is 40.2 Å². The molecule has 2 N–H and O–H groups in total. The number of amides is 1. The Bertz CT molecular complexity index is 940. The number of nitrogens with one attached hydrogen (secondary N) is 1. The van der Waals surface area contributed by atoms with Crippen molar-refractivity contribution in [3.8, 4) is 0 Å². The van der Waals surface area contributed by atoms with Crippen molar-refractivity contribution in [2.24, 2.45) is 0 Å². The van der Waals surface area contributed by atoms with Gasteiger partial charge in [-0.3, -0.25) is 9.59 Å². The highest BCUT2D eigenvalue weighted by molar-refractivity contribution is 7.99. The molecule has 0 radical (unpaired) electrons. The number of aryl methyl sites for hydroxylation is 1. The number of benzene rings is 1. The van der Waals surface area contributed by atoms with E-state index in [1.54, 1.807) is 4.52 Å². The quantitative estimate of drug-likeness (QED) is 0.375. The molecule has 1 aromatic carbocycles. The summed E-state index contributed by atoms with van der Waals surface area (Å²) in [5, 5.41) is 17.1. The van der Waals surface area contributed by atoms with Crippen molar-refractivity contribution in [3.05, 3.63) is 30.1 Å². The second-order valence-electron chi connectivity index (χ2n) is 5.44. The lowest BCUT2D eigenvalue weighted by Gasteiger charge is -2.07. The number of carboxylic acids is 1.